The summed E-state index contributed by atoms with van der Waals surface area (Å²) in [6, 6.07) is -8.94. The Kier molecular flexibility index (Phi) is 32.8. The molecule has 1 fully saturated rings. The minimum absolute atomic E-state index is 0.0192. The van der Waals surface area contributed by atoms with E-state index in [0.29, 0.717) is 63.7 Å². The molecule has 32 heteroatoms. The van der Waals surface area contributed by atoms with Crippen LogP contribution in [0.1, 0.15) is 103 Å². The number of nitrogens with zero attached hydrogens (tertiary/aromatic N) is 3. The van der Waals surface area contributed by atoms with Crippen LogP contribution in [0.3, 0.4) is 0 Å². The lowest BCUT2D eigenvalue weighted by atomic mass is 10.1. The molecule has 0 saturated carbocycles. The lowest BCUT2D eigenvalue weighted by Gasteiger charge is -2.28. The van der Waals surface area contributed by atoms with Crippen molar-refractivity contribution in [3.63, 3.8) is 0 Å². The van der Waals surface area contributed by atoms with Crippen LogP contribution in [0.4, 0.5) is 0 Å². The minimum atomic E-state index is -1.58. The second-order valence-corrected chi connectivity index (χ2v) is 19.3. The summed E-state index contributed by atoms with van der Waals surface area (Å²) in [6.45, 7) is 1.30. The van der Waals surface area contributed by atoms with Crippen LogP contribution in [0.2, 0.25) is 0 Å². The Morgan fingerprint density at radius 1 is 0.778 bits per heavy atom. The van der Waals surface area contributed by atoms with Gasteiger partial charge in [0.1, 0.15) is 47.7 Å². The number of likely N-dealkylation sites (tertiary alicyclic amines) is 1. The number of rotatable bonds is 39. The van der Waals surface area contributed by atoms with E-state index in [0.717, 1.165) is 0 Å². The molecule has 0 spiro atoms. The number of nitrogens with one attached hydrogen (secondary N) is 10. The monoisotopic (exact) mass is 1150 g/mol. The van der Waals surface area contributed by atoms with E-state index in [-0.39, 0.29) is 94.9 Å². The zero-order chi connectivity index (χ0) is 60.4. The average Bonchev–Trinajstić information content (AvgIpc) is 4.18. The predicted molar refractivity (Wildman–Crippen MR) is 298 cm³/mol. The molecule has 2 heterocycles. The molecule has 1 aliphatic heterocycles. The van der Waals surface area contributed by atoms with Crippen LogP contribution in [0, 0.1) is 5.41 Å². The number of amides is 10. The SMILES string of the molecule is C[C@H](NC(=O)[C@@H](NC(=O)[C@@H](N)CCCCN)[C@@H](O)CN)C(=O)NCC(=O)/N=C(\CCCN)C(=O)N1CCC[C@H]1C(=O)N[C@@H](Cc1cnc[nH]1)C(=O)N[C@@H](CCCCN)C(=O)N/C(=C\CCNC(=N)N)C(=O)N[C@@H](CCCCN)C(N)=O. The van der Waals surface area contributed by atoms with Gasteiger partial charge < -0.3 is 103 Å². The van der Waals surface area contributed by atoms with Crippen molar-refractivity contribution < 1.29 is 53.1 Å². The number of aliphatic hydroxyl groups is 1. The Morgan fingerprint density at radius 3 is 2.01 bits per heavy atom. The number of aliphatic hydroxyl groups excluding tert-OH is 1. The maximum absolute atomic E-state index is 14.3. The number of aliphatic imine (C=N–C) groups is 1. The highest BCUT2D eigenvalue weighted by molar-refractivity contribution is 6.40. The maximum atomic E-state index is 14.3. The number of nitrogens with two attached hydrogens (primary N) is 8. The Balaban J connectivity index is 2.33. The van der Waals surface area contributed by atoms with E-state index in [1.165, 1.54) is 30.4 Å². The van der Waals surface area contributed by atoms with Crippen LogP contribution in [-0.4, -0.2) is 191 Å². The van der Waals surface area contributed by atoms with Crippen molar-refractivity contribution in [1.82, 2.24) is 57.4 Å². The number of hydrogen-bond acceptors (Lipinski definition) is 19. The number of aromatic amines is 1. The van der Waals surface area contributed by atoms with Gasteiger partial charge in [-0.1, -0.05) is 12.5 Å². The van der Waals surface area contributed by atoms with Gasteiger partial charge in [0, 0.05) is 37.9 Å². The molecule has 1 aromatic rings. The number of guanidine groups is 1. The number of carbonyl (C=O) groups is 10. The van der Waals surface area contributed by atoms with Crippen molar-refractivity contribution in [1.29, 1.82) is 5.41 Å². The summed E-state index contributed by atoms with van der Waals surface area (Å²) in [7, 11) is 0. The van der Waals surface area contributed by atoms with E-state index < -0.39 is 121 Å². The topological polar surface area (TPSA) is 563 Å². The van der Waals surface area contributed by atoms with E-state index in [1.807, 2.05) is 0 Å². The fraction of sp³-hybridized carbons (Fsp3) is 0.653. The highest BCUT2D eigenvalue weighted by atomic mass is 16.3. The molecule has 27 N–H and O–H groups in total. The highest BCUT2D eigenvalue weighted by Gasteiger charge is 2.39. The lowest BCUT2D eigenvalue weighted by Crippen LogP contribution is -2.60. The number of hydrogen-bond donors (Lipinski definition) is 19. The molecule has 1 saturated heterocycles. The second-order valence-electron chi connectivity index (χ2n) is 19.3. The van der Waals surface area contributed by atoms with Gasteiger partial charge in [0.05, 0.1) is 25.0 Å². The van der Waals surface area contributed by atoms with Crippen molar-refractivity contribution >= 4 is 70.7 Å². The molecular weight excluding hydrogens is 1060 g/mol. The Labute approximate surface area is 470 Å². The van der Waals surface area contributed by atoms with Crippen molar-refractivity contribution in [2.75, 3.05) is 52.4 Å². The Morgan fingerprint density at radius 2 is 1.42 bits per heavy atom. The normalized spacial score (nSPS) is 16.0. The molecule has 0 aliphatic carbocycles. The maximum Gasteiger partial charge on any atom is 0.269 e. The van der Waals surface area contributed by atoms with Gasteiger partial charge in [-0.25, -0.2) is 9.98 Å². The molecule has 0 unspecified atom stereocenters. The largest absolute Gasteiger partial charge is 0.389 e. The first-order valence-corrected chi connectivity index (χ1v) is 27.1. The summed E-state index contributed by atoms with van der Waals surface area (Å²) < 4.78 is 0. The van der Waals surface area contributed by atoms with E-state index in [4.69, 9.17) is 51.3 Å². The molecule has 0 radical (unpaired) electrons. The number of aromatic nitrogens is 2. The summed E-state index contributed by atoms with van der Waals surface area (Å²) >= 11 is 0. The third kappa shape index (κ3) is 25.7. The van der Waals surface area contributed by atoms with Crippen LogP contribution < -0.4 is 88.4 Å². The van der Waals surface area contributed by atoms with Crippen molar-refractivity contribution in [2.45, 2.75) is 152 Å². The first kappa shape index (κ1) is 69.6. The third-order valence-electron chi connectivity index (χ3n) is 12.7. The summed E-state index contributed by atoms with van der Waals surface area (Å²) in [5.41, 5.74) is 44.9. The first-order chi connectivity index (χ1) is 38.6. The Hall–Kier alpha value is -7.49. The molecule has 2 rings (SSSR count). The number of unbranched alkanes of at least 4 members (excludes halogenated alkanes) is 3. The zero-order valence-corrected chi connectivity index (χ0v) is 46.1. The Bertz CT molecular complexity index is 2300. The van der Waals surface area contributed by atoms with E-state index in [1.54, 1.807) is 0 Å². The fourth-order valence-corrected chi connectivity index (χ4v) is 8.16. The van der Waals surface area contributed by atoms with Crippen LogP contribution >= 0.6 is 0 Å². The van der Waals surface area contributed by atoms with Gasteiger partial charge in [0.15, 0.2) is 5.96 Å². The minimum Gasteiger partial charge on any atom is -0.389 e. The summed E-state index contributed by atoms with van der Waals surface area (Å²) in [5, 5.41) is 38.0. The molecule has 0 bridgehead atoms. The summed E-state index contributed by atoms with van der Waals surface area (Å²) in [6.07, 6.45) is 6.40. The number of H-pyrrole nitrogens is 1. The smallest absolute Gasteiger partial charge is 0.269 e. The van der Waals surface area contributed by atoms with E-state index in [9.17, 15) is 53.1 Å². The number of imidazole rings is 1. The average molecular weight is 1150 g/mol. The number of primary amides is 1. The van der Waals surface area contributed by atoms with Gasteiger partial charge in [-0.3, -0.25) is 53.4 Å². The van der Waals surface area contributed by atoms with Crippen LogP contribution in [0.25, 0.3) is 0 Å². The third-order valence-corrected chi connectivity index (χ3v) is 12.7. The standard InChI is InChI=1S/C49H87N21O11/c1-28(63-47(80)39(37(71)24-54)69-42(75)30(55)11-2-5-17-50)41(74)61-26-38(72)64-34(14-8-20-53)48(81)70-22-10-16-36(70)46(79)68-35(23-29-25-59-27-62-29)45(78)67-32(13-4-7-19-52)44(77)66-33(15-9-21-60-49(57)58)43(76)65-31(40(56)73)12-3-6-18-51/h15,25,27-28,30-32,35-37,39,71H,2-14,16-24,26,50-55H2,1H3,(H2,56,73)(H,59,62)(H,61,74)(H,63,80)(H,65,76)(H,66,77)(H,67,78)(H,68,79)(H,69,75)(H4,57,58,60)/b33-15-,64-34+/t28-,30-,31-,32-,35-,36-,37-,39-/m0/s1. The quantitative estimate of drug-likeness (QED) is 0.0126. The molecular formula is C49H87N21O11. The molecule has 32 nitrogen and oxygen atoms in total. The van der Waals surface area contributed by atoms with Gasteiger partial charge in [-0.2, -0.15) is 0 Å². The second kappa shape index (κ2) is 38.2. The van der Waals surface area contributed by atoms with Gasteiger partial charge in [0.25, 0.3) is 17.7 Å². The van der Waals surface area contributed by atoms with E-state index in [2.05, 4.69) is 57.5 Å². The molecule has 8 atom stereocenters. The fourth-order valence-electron chi connectivity index (χ4n) is 8.16. The predicted octanol–water partition coefficient (Wildman–Crippen LogP) is -7.40. The first-order valence-electron chi connectivity index (χ1n) is 27.1. The van der Waals surface area contributed by atoms with Crippen molar-refractivity contribution in [2.24, 2.45) is 50.9 Å². The van der Waals surface area contributed by atoms with Crippen LogP contribution in [0.15, 0.2) is 29.3 Å². The van der Waals surface area contributed by atoms with Crippen LogP contribution in [0.5, 0.6) is 0 Å². The molecule has 0 aromatic carbocycles. The van der Waals surface area contributed by atoms with Gasteiger partial charge in [0.2, 0.25) is 41.4 Å². The molecule has 1 aliphatic rings. The molecule has 1 aromatic heterocycles. The van der Waals surface area contributed by atoms with Crippen LogP contribution in [-0.2, 0) is 54.4 Å². The van der Waals surface area contributed by atoms with Crippen molar-refractivity contribution in [3.05, 3.63) is 30.0 Å². The summed E-state index contributed by atoms with van der Waals surface area (Å²) in [5.74, 6) is -8.82. The molecule has 81 heavy (non-hydrogen) atoms. The van der Waals surface area contributed by atoms with E-state index >= 15 is 0 Å². The highest BCUT2D eigenvalue weighted by Crippen LogP contribution is 2.20. The number of carbonyl (C=O) groups excluding carboxylic acids is 10. The molecule has 10 amide bonds. The van der Waals surface area contributed by atoms with Gasteiger partial charge in [-0.05, 0) is 117 Å². The van der Waals surface area contributed by atoms with Gasteiger partial charge in [-0.15, -0.1) is 0 Å². The van der Waals surface area contributed by atoms with Gasteiger partial charge >= 0.3 is 0 Å². The zero-order valence-electron chi connectivity index (χ0n) is 46.1. The van der Waals surface area contributed by atoms with Crippen molar-refractivity contribution in [3.8, 4) is 0 Å². The molecule has 454 valence electrons. The summed E-state index contributed by atoms with van der Waals surface area (Å²) in [4.78, 5) is 147. The lowest BCUT2D eigenvalue weighted by molar-refractivity contribution is -0.136.